The number of ketones is 1. The van der Waals surface area contributed by atoms with Crippen LogP contribution in [0.1, 0.15) is 40.0 Å². The number of Topliss-reactive ketones (excluding diaryl/α,β-unsaturated/α-hetero) is 1. The summed E-state index contributed by atoms with van der Waals surface area (Å²) in [6.07, 6.45) is 3.92. The van der Waals surface area contributed by atoms with Gasteiger partial charge in [-0.2, -0.15) is 0 Å². The van der Waals surface area contributed by atoms with E-state index < -0.39 is 0 Å². The average Bonchev–Trinajstić information content (AvgIpc) is 1.82. The topological polar surface area (TPSA) is 17.1 Å². The van der Waals surface area contributed by atoms with Gasteiger partial charge in [0.2, 0.25) is 0 Å². The molecule has 0 aliphatic heterocycles. The molecule has 0 aromatic heterocycles. The number of carbonyl (C=O) groups is 1. The van der Waals surface area contributed by atoms with E-state index in [0.29, 0.717) is 0 Å². The van der Waals surface area contributed by atoms with Crippen LogP contribution in [0.15, 0.2) is 11.1 Å². The first-order chi connectivity index (χ1) is 5.13. The largest absolute Gasteiger partial charge is 0.295 e. The van der Waals surface area contributed by atoms with E-state index in [1.165, 1.54) is 24.8 Å². The summed E-state index contributed by atoms with van der Waals surface area (Å²) in [6.45, 7) is 5.69. The average molecular weight is 152 g/mol. The summed E-state index contributed by atoms with van der Waals surface area (Å²) in [6, 6.07) is 0. The molecule has 1 aliphatic carbocycles. The molecule has 1 fully saturated rings. The van der Waals surface area contributed by atoms with Gasteiger partial charge in [-0.1, -0.05) is 12.0 Å². The Labute approximate surface area is 68.5 Å². The Hall–Kier alpha value is -0.590. The minimum atomic E-state index is 0.231. The van der Waals surface area contributed by atoms with Crippen LogP contribution < -0.4 is 0 Å². The van der Waals surface area contributed by atoms with Crippen molar-refractivity contribution in [1.29, 1.82) is 0 Å². The van der Waals surface area contributed by atoms with Crippen LogP contribution in [0.25, 0.3) is 0 Å². The van der Waals surface area contributed by atoms with Crippen LogP contribution in [0.2, 0.25) is 0 Å². The highest BCUT2D eigenvalue weighted by Gasteiger charge is 2.21. The van der Waals surface area contributed by atoms with E-state index in [9.17, 15) is 4.79 Å². The van der Waals surface area contributed by atoms with Gasteiger partial charge in [0, 0.05) is 0 Å². The standard InChI is InChI=1S/C10H16O/c1-7(9(3)11)8(2)10-5-4-6-10/h10H,4-6H2,1-3H3. The molecule has 1 rings (SSSR count). The predicted octanol–water partition coefficient (Wildman–Crippen LogP) is 2.71. The zero-order chi connectivity index (χ0) is 8.43. The van der Waals surface area contributed by atoms with E-state index in [0.717, 1.165) is 11.5 Å². The minimum absolute atomic E-state index is 0.231. The second-order valence-corrected chi connectivity index (χ2v) is 3.49. The summed E-state index contributed by atoms with van der Waals surface area (Å²) in [5, 5.41) is 0. The fraction of sp³-hybridized carbons (Fsp3) is 0.700. The summed E-state index contributed by atoms with van der Waals surface area (Å²) in [4.78, 5) is 11.0. The second-order valence-electron chi connectivity index (χ2n) is 3.49. The van der Waals surface area contributed by atoms with Gasteiger partial charge in [0.05, 0.1) is 0 Å². The van der Waals surface area contributed by atoms with Crippen molar-refractivity contribution in [3.8, 4) is 0 Å². The van der Waals surface area contributed by atoms with E-state index in [1.807, 2.05) is 6.92 Å². The number of hydrogen-bond donors (Lipinski definition) is 0. The summed E-state index contributed by atoms with van der Waals surface area (Å²) in [7, 11) is 0. The van der Waals surface area contributed by atoms with Crippen molar-refractivity contribution in [3.63, 3.8) is 0 Å². The summed E-state index contributed by atoms with van der Waals surface area (Å²) < 4.78 is 0. The molecular formula is C10H16O. The molecular weight excluding hydrogens is 136 g/mol. The molecule has 0 spiro atoms. The first-order valence-corrected chi connectivity index (χ1v) is 4.31. The Morgan fingerprint density at radius 2 is 1.73 bits per heavy atom. The van der Waals surface area contributed by atoms with Gasteiger partial charge in [0.1, 0.15) is 0 Å². The fourth-order valence-corrected chi connectivity index (χ4v) is 1.43. The van der Waals surface area contributed by atoms with E-state index >= 15 is 0 Å². The molecule has 1 nitrogen and oxygen atoms in total. The maximum Gasteiger partial charge on any atom is 0.155 e. The van der Waals surface area contributed by atoms with E-state index in [2.05, 4.69) is 6.92 Å². The van der Waals surface area contributed by atoms with Crippen LogP contribution in [0.4, 0.5) is 0 Å². The molecule has 0 saturated heterocycles. The maximum atomic E-state index is 11.0. The zero-order valence-corrected chi connectivity index (χ0v) is 7.61. The first-order valence-electron chi connectivity index (χ1n) is 4.31. The minimum Gasteiger partial charge on any atom is -0.295 e. The lowest BCUT2D eigenvalue weighted by atomic mass is 9.78. The number of allylic oxidation sites excluding steroid dienone is 2. The molecule has 0 unspecified atom stereocenters. The third-order valence-corrected chi connectivity index (χ3v) is 2.84. The van der Waals surface area contributed by atoms with Crippen LogP contribution in [0.5, 0.6) is 0 Å². The Morgan fingerprint density at radius 3 is 2.00 bits per heavy atom. The molecule has 0 aromatic carbocycles. The molecule has 0 bridgehead atoms. The van der Waals surface area contributed by atoms with Crippen LogP contribution in [-0.2, 0) is 4.79 Å². The molecule has 0 radical (unpaired) electrons. The smallest absolute Gasteiger partial charge is 0.155 e. The number of rotatable bonds is 2. The molecule has 1 saturated carbocycles. The monoisotopic (exact) mass is 152 g/mol. The third-order valence-electron chi connectivity index (χ3n) is 2.84. The van der Waals surface area contributed by atoms with Gasteiger partial charge in [-0.05, 0) is 45.1 Å². The molecule has 0 heterocycles. The Balaban J connectivity index is 2.68. The van der Waals surface area contributed by atoms with Crippen molar-refractivity contribution in [2.75, 3.05) is 0 Å². The quantitative estimate of drug-likeness (QED) is 0.556. The summed E-state index contributed by atoms with van der Waals surface area (Å²) in [5.41, 5.74) is 2.30. The highest BCUT2D eigenvalue weighted by molar-refractivity contribution is 5.93. The lowest BCUT2D eigenvalue weighted by molar-refractivity contribution is -0.113. The van der Waals surface area contributed by atoms with Crippen LogP contribution >= 0.6 is 0 Å². The molecule has 62 valence electrons. The van der Waals surface area contributed by atoms with Crippen molar-refractivity contribution < 1.29 is 4.79 Å². The fourth-order valence-electron chi connectivity index (χ4n) is 1.43. The highest BCUT2D eigenvalue weighted by Crippen LogP contribution is 2.34. The van der Waals surface area contributed by atoms with Crippen molar-refractivity contribution in [1.82, 2.24) is 0 Å². The van der Waals surface area contributed by atoms with E-state index in [-0.39, 0.29) is 5.78 Å². The molecule has 0 atom stereocenters. The molecule has 0 N–H and O–H groups in total. The van der Waals surface area contributed by atoms with Gasteiger partial charge in [0.25, 0.3) is 0 Å². The van der Waals surface area contributed by atoms with Gasteiger partial charge in [-0.15, -0.1) is 0 Å². The molecule has 0 amide bonds. The third kappa shape index (κ3) is 1.70. The number of carbonyl (C=O) groups excluding carboxylic acids is 1. The van der Waals surface area contributed by atoms with Crippen LogP contribution in [0, 0.1) is 5.92 Å². The van der Waals surface area contributed by atoms with Gasteiger partial charge < -0.3 is 0 Å². The normalized spacial score (nSPS) is 20.6. The second kappa shape index (κ2) is 3.21. The van der Waals surface area contributed by atoms with Crippen molar-refractivity contribution in [2.45, 2.75) is 40.0 Å². The molecule has 0 aromatic rings. The molecule has 11 heavy (non-hydrogen) atoms. The Morgan fingerprint density at radius 1 is 1.18 bits per heavy atom. The SMILES string of the molecule is CC(=O)C(C)=C(C)C1CCC1. The van der Waals surface area contributed by atoms with E-state index in [1.54, 1.807) is 6.92 Å². The zero-order valence-electron chi connectivity index (χ0n) is 7.61. The van der Waals surface area contributed by atoms with E-state index in [4.69, 9.17) is 0 Å². The number of hydrogen-bond acceptors (Lipinski definition) is 1. The van der Waals surface area contributed by atoms with Crippen LogP contribution in [-0.4, -0.2) is 5.78 Å². The van der Waals surface area contributed by atoms with Gasteiger partial charge in [-0.25, -0.2) is 0 Å². The van der Waals surface area contributed by atoms with Crippen molar-refractivity contribution in [2.24, 2.45) is 5.92 Å². The highest BCUT2D eigenvalue weighted by atomic mass is 16.1. The van der Waals surface area contributed by atoms with Gasteiger partial charge in [-0.3, -0.25) is 4.79 Å². The van der Waals surface area contributed by atoms with Crippen LogP contribution in [0.3, 0.4) is 0 Å². The Bertz CT molecular complexity index is 197. The Kier molecular flexibility index (Phi) is 2.48. The van der Waals surface area contributed by atoms with Gasteiger partial charge in [0.15, 0.2) is 5.78 Å². The molecule has 1 heteroatoms. The lowest BCUT2D eigenvalue weighted by Gasteiger charge is -2.27. The first kappa shape index (κ1) is 8.51. The van der Waals surface area contributed by atoms with Crippen molar-refractivity contribution >= 4 is 5.78 Å². The van der Waals surface area contributed by atoms with Crippen molar-refractivity contribution in [3.05, 3.63) is 11.1 Å². The lowest BCUT2D eigenvalue weighted by Crippen LogP contribution is -2.14. The summed E-state index contributed by atoms with van der Waals surface area (Å²) >= 11 is 0. The summed E-state index contributed by atoms with van der Waals surface area (Å²) in [5.74, 6) is 0.952. The maximum absolute atomic E-state index is 11.0. The predicted molar refractivity (Wildman–Crippen MR) is 46.4 cm³/mol. The van der Waals surface area contributed by atoms with Gasteiger partial charge >= 0.3 is 0 Å². The molecule has 1 aliphatic rings.